The summed E-state index contributed by atoms with van der Waals surface area (Å²) in [5.41, 5.74) is -0.190. The second-order valence-corrected chi connectivity index (χ2v) is 23.6. The number of hydrogen-bond acceptors (Lipinski definition) is 20. The molecule has 0 bridgehead atoms. The van der Waals surface area contributed by atoms with Crippen molar-refractivity contribution in [2.75, 3.05) is 67.1 Å². The Morgan fingerprint density at radius 2 is 0.864 bits per heavy atom. The summed E-state index contributed by atoms with van der Waals surface area (Å²) in [5, 5.41) is 15.2. The molecule has 1 atom stereocenters. The van der Waals surface area contributed by atoms with E-state index in [0.717, 1.165) is 83.6 Å². The maximum Gasteiger partial charge on any atom is 0.591 e. The van der Waals surface area contributed by atoms with Crippen LogP contribution >= 0.6 is 0 Å². The lowest BCUT2D eigenvalue weighted by Crippen LogP contribution is -2.50. The first-order chi connectivity index (χ1) is 37.3. The van der Waals surface area contributed by atoms with E-state index in [1.54, 1.807) is 14.2 Å². The first-order valence-electron chi connectivity index (χ1n) is 29.1. The first-order valence-corrected chi connectivity index (χ1v) is 29.1. The van der Waals surface area contributed by atoms with Crippen LogP contribution in [0.3, 0.4) is 0 Å². The van der Waals surface area contributed by atoms with Crippen molar-refractivity contribution in [1.29, 1.82) is 0 Å². The summed E-state index contributed by atoms with van der Waals surface area (Å²) in [4.78, 5) is 0. The summed E-state index contributed by atoms with van der Waals surface area (Å²) >= 11 is 0. The second kappa shape index (κ2) is 41.8. The summed E-state index contributed by atoms with van der Waals surface area (Å²) in [6.07, 6.45) is 3.31. The van der Waals surface area contributed by atoms with Crippen molar-refractivity contribution >= 4 is 71.2 Å². The molecule has 1 aromatic carbocycles. The minimum atomic E-state index is -1.17. The topological polar surface area (TPSA) is 207 Å². The van der Waals surface area contributed by atoms with Crippen LogP contribution in [0, 0.1) is 5.41 Å². The van der Waals surface area contributed by atoms with E-state index >= 15 is 0 Å². The zero-order valence-corrected chi connectivity index (χ0v) is 55.7. The second-order valence-electron chi connectivity index (χ2n) is 23.6. The van der Waals surface area contributed by atoms with Gasteiger partial charge in [-0.3, -0.25) is 0 Å². The van der Waals surface area contributed by atoms with E-state index in [4.69, 9.17) is 84.5 Å². The van der Waals surface area contributed by atoms with Gasteiger partial charge in [-0.25, -0.2) is 0 Å². The van der Waals surface area contributed by atoms with Crippen LogP contribution in [0.5, 0.6) is 11.5 Å². The lowest BCUT2D eigenvalue weighted by atomic mass is 9.81. The van der Waals surface area contributed by atoms with Gasteiger partial charge < -0.3 is 93.8 Å². The zero-order valence-electron chi connectivity index (χ0n) is 55.7. The molecule has 7 aliphatic heterocycles. The SMILES string of the molecule is CB(O)O.CB1OC(C)(C)C(C)(C)O1.CB1OC(C)(C)CC(C)(C)O1.CB1OC(C)CC(C)(C)O1.CB1OCC(C)(C)CO1.CB1OCCCO1.CB1OCCO1.CB1Oc2ccccc2O1.CCOB(C)OCC.COB(C)OC. The molecule has 6 fully saturated rings. The van der Waals surface area contributed by atoms with Gasteiger partial charge in [0, 0.05) is 71.8 Å². The third kappa shape index (κ3) is 43.1. The van der Waals surface area contributed by atoms with E-state index in [0.29, 0.717) is 6.10 Å². The van der Waals surface area contributed by atoms with E-state index < -0.39 is 7.12 Å². The van der Waals surface area contributed by atoms with Gasteiger partial charge in [0.2, 0.25) is 0 Å². The molecule has 0 saturated carbocycles. The standard InChI is InChI=1S/C8H17BO2.C7H7BO2.2C7H15BO2.C6H13BO2.C5H13BO2.C4H9BO2.C3H7BO2.C3H9BO2.CH5BO2/c1-7(2)6-8(3,4)11-9(5)10-7;1-8-9-6-4-2-3-5-7(6)10-8;1-6-5-7(2,3)10-8(4)9-6;1-6(2)7(3,4)10-8(5)9-6;1-6(2)4-8-7(3)9-5-6;1-4-7-6(3)8-5-2;1-5-6-3-2-4-7-5;1-4-5-2-3-6-4;1-4(5-2)6-3;1-2(3)4/h6H2,1-5H3;2-5H,1H3;6H,5H2,1-4H3;1-5H3;4-5H2,1-3H3;4-5H2,1-3H3;2-4H2,1H3;2-3H2,1H3;1-3H3;3-4H,1H3. The molecule has 20 nitrogen and oxygen atoms in total. The highest BCUT2D eigenvalue weighted by Crippen LogP contribution is 2.37. The maximum absolute atomic E-state index is 7.61. The van der Waals surface area contributed by atoms with E-state index in [1.165, 1.54) is 6.82 Å². The molecule has 6 saturated heterocycles. The largest absolute Gasteiger partial charge is 0.591 e. The molecule has 464 valence electrons. The van der Waals surface area contributed by atoms with Crippen molar-refractivity contribution in [3.05, 3.63) is 24.3 Å². The lowest BCUT2D eigenvalue weighted by molar-refractivity contribution is -0.0744. The summed E-state index contributed by atoms with van der Waals surface area (Å²) in [6.45, 7) is 55.9. The van der Waals surface area contributed by atoms with Gasteiger partial charge in [0.25, 0.3) is 0 Å². The van der Waals surface area contributed by atoms with E-state index in [2.05, 4.69) is 99.3 Å². The molecule has 1 unspecified atom stereocenters. The van der Waals surface area contributed by atoms with Gasteiger partial charge in [-0.15, -0.1) is 0 Å². The number of para-hydroxylation sites is 2. The molecule has 1 aromatic rings. The van der Waals surface area contributed by atoms with Crippen LogP contribution in [0.15, 0.2) is 24.3 Å². The normalized spacial score (nSPS) is 21.6. The van der Waals surface area contributed by atoms with Gasteiger partial charge in [0.05, 0.1) is 41.2 Å². The van der Waals surface area contributed by atoms with Gasteiger partial charge in [-0.2, -0.15) is 0 Å². The van der Waals surface area contributed by atoms with Crippen molar-refractivity contribution in [2.24, 2.45) is 5.41 Å². The van der Waals surface area contributed by atoms with Crippen LogP contribution in [0.4, 0.5) is 0 Å². The molecular weight excluding hydrogens is 1040 g/mol. The first kappa shape index (κ1) is 81.8. The Balaban J connectivity index is 0. The van der Waals surface area contributed by atoms with Crippen LogP contribution in [0.1, 0.15) is 123 Å². The molecule has 8 rings (SSSR count). The van der Waals surface area contributed by atoms with Gasteiger partial charge in [-0.05, 0) is 183 Å². The Morgan fingerprint density at radius 1 is 0.506 bits per heavy atom. The van der Waals surface area contributed by atoms with Gasteiger partial charge in [-0.1, -0.05) is 26.0 Å². The van der Waals surface area contributed by atoms with E-state index in [9.17, 15) is 0 Å². The van der Waals surface area contributed by atoms with Crippen molar-refractivity contribution in [3.8, 4) is 11.5 Å². The Labute approximate surface area is 496 Å². The van der Waals surface area contributed by atoms with E-state index in [1.807, 2.05) is 99.5 Å². The highest BCUT2D eigenvalue weighted by molar-refractivity contribution is 6.46. The minimum absolute atomic E-state index is 0.00183. The molecule has 0 spiro atoms. The van der Waals surface area contributed by atoms with E-state index in [-0.39, 0.29) is 97.5 Å². The molecular formula is C51H110B10O20. The van der Waals surface area contributed by atoms with Gasteiger partial charge in [0.15, 0.2) is 0 Å². The fourth-order valence-corrected chi connectivity index (χ4v) is 8.26. The number of hydrogen-bond donors (Lipinski definition) is 2. The quantitative estimate of drug-likeness (QED) is 0.254. The molecule has 7 aliphatic rings. The Morgan fingerprint density at radius 3 is 1.11 bits per heavy atom. The van der Waals surface area contributed by atoms with Gasteiger partial charge in [0.1, 0.15) is 11.5 Å². The van der Waals surface area contributed by atoms with Crippen LogP contribution in [-0.4, -0.2) is 182 Å². The van der Waals surface area contributed by atoms with Crippen LogP contribution < -0.4 is 9.31 Å². The monoisotopic (exact) mass is 1150 g/mol. The summed E-state index contributed by atoms with van der Waals surface area (Å²) in [7, 11) is 1.71. The zero-order chi connectivity index (χ0) is 62.8. The van der Waals surface area contributed by atoms with Crippen LogP contribution in [0.2, 0.25) is 68.2 Å². The smallest absolute Gasteiger partial charge is 0.523 e. The van der Waals surface area contributed by atoms with Crippen molar-refractivity contribution in [3.63, 3.8) is 0 Å². The molecule has 0 aliphatic carbocycles. The minimum Gasteiger partial charge on any atom is -0.523 e. The number of benzene rings is 1. The van der Waals surface area contributed by atoms with Crippen LogP contribution in [-0.2, 0) is 74.5 Å². The maximum atomic E-state index is 7.61. The molecule has 81 heavy (non-hydrogen) atoms. The Bertz CT molecular complexity index is 1610. The van der Waals surface area contributed by atoms with Crippen LogP contribution in [0.25, 0.3) is 0 Å². The third-order valence-corrected chi connectivity index (χ3v) is 12.0. The highest BCUT2D eigenvalue weighted by Gasteiger charge is 2.49. The number of fused-ring (bicyclic) bond motifs is 1. The molecule has 0 radical (unpaired) electrons. The summed E-state index contributed by atoms with van der Waals surface area (Å²) < 4.78 is 93.7. The predicted molar refractivity (Wildman–Crippen MR) is 335 cm³/mol. The third-order valence-electron chi connectivity index (χ3n) is 12.0. The fourth-order valence-electron chi connectivity index (χ4n) is 8.26. The fraction of sp³-hybridized carbons (Fsp3) is 0.882. The molecule has 0 amide bonds. The Hall–Kier alpha value is -1.25. The summed E-state index contributed by atoms with van der Waals surface area (Å²) in [5.74, 6) is 1.69. The molecule has 30 heteroatoms. The average molecular weight is 1150 g/mol. The van der Waals surface area contributed by atoms with Gasteiger partial charge >= 0.3 is 71.2 Å². The highest BCUT2D eigenvalue weighted by atomic mass is 16.7. The summed E-state index contributed by atoms with van der Waals surface area (Å²) in [6, 6.07) is 7.66. The predicted octanol–water partition coefficient (Wildman–Crippen LogP) is 9.62. The Kier molecular flexibility index (Phi) is 42.2. The molecule has 0 aromatic heterocycles. The molecule has 7 heterocycles. The number of rotatable bonds is 6. The van der Waals surface area contributed by atoms with Crippen molar-refractivity contribution < 1.29 is 93.8 Å². The van der Waals surface area contributed by atoms with Crippen molar-refractivity contribution in [2.45, 2.75) is 225 Å². The average Bonchev–Trinajstić information content (AvgIpc) is 4.01. The van der Waals surface area contributed by atoms with Crippen molar-refractivity contribution in [1.82, 2.24) is 0 Å². The lowest BCUT2D eigenvalue weighted by Gasteiger charge is -2.43. The molecule has 2 N–H and O–H groups in total.